The maximum Gasteiger partial charge on any atom is 0.0462 e. The predicted molar refractivity (Wildman–Crippen MR) is 75.6 cm³/mol. The summed E-state index contributed by atoms with van der Waals surface area (Å²) in [7, 11) is 1.76. The summed E-state index contributed by atoms with van der Waals surface area (Å²) in [5.41, 5.74) is 6.22. The van der Waals surface area contributed by atoms with Crippen molar-refractivity contribution in [3.05, 3.63) is 0 Å². The van der Waals surface area contributed by atoms with Gasteiger partial charge in [-0.1, -0.05) is 19.3 Å². The second-order valence-electron chi connectivity index (χ2n) is 6.25. The number of nitrogens with zero attached hydrogens (tertiary/aromatic N) is 1. The smallest absolute Gasteiger partial charge is 0.0462 e. The molecule has 2 rings (SSSR count). The third kappa shape index (κ3) is 4.22. The Labute approximate surface area is 112 Å². The molecular formula is C15H30N2O. The van der Waals surface area contributed by atoms with Gasteiger partial charge in [-0.2, -0.15) is 0 Å². The highest BCUT2D eigenvalue weighted by atomic mass is 16.5. The maximum absolute atomic E-state index is 6.22. The molecule has 1 heterocycles. The van der Waals surface area contributed by atoms with Crippen LogP contribution in [0.25, 0.3) is 0 Å². The zero-order chi connectivity index (χ0) is 12.8. The van der Waals surface area contributed by atoms with Crippen molar-refractivity contribution in [2.24, 2.45) is 17.6 Å². The Morgan fingerprint density at radius 2 is 2.00 bits per heavy atom. The van der Waals surface area contributed by atoms with Crippen molar-refractivity contribution in [3.8, 4) is 0 Å². The predicted octanol–water partition coefficient (Wildman–Crippen LogP) is 2.25. The highest BCUT2D eigenvalue weighted by Crippen LogP contribution is 2.35. The zero-order valence-electron chi connectivity index (χ0n) is 11.9. The Morgan fingerprint density at radius 1 is 1.22 bits per heavy atom. The quantitative estimate of drug-likeness (QED) is 0.739. The van der Waals surface area contributed by atoms with Gasteiger partial charge in [-0.15, -0.1) is 0 Å². The Morgan fingerprint density at radius 3 is 2.78 bits per heavy atom. The van der Waals surface area contributed by atoms with Crippen LogP contribution in [-0.4, -0.2) is 44.3 Å². The normalized spacial score (nSPS) is 31.0. The summed E-state index contributed by atoms with van der Waals surface area (Å²) in [6, 6.07) is 0.334. The Kier molecular flexibility index (Phi) is 5.93. The molecule has 0 amide bonds. The van der Waals surface area contributed by atoms with Gasteiger partial charge in [0, 0.05) is 32.8 Å². The van der Waals surface area contributed by atoms with Gasteiger partial charge in [-0.05, 0) is 44.1 Å². The number of nitrogens with two attached hydrogens (primary N) is 1. The van der Waals surface area contributed by atoms with Gasteiger partial charge in [-0.3, -0.25) is 0 Å². The molecule has 18 heavy (non-hydrogen) atoms. The molecule has 3 unspecified atom stereocenters. The Balaban J connectivity index is 1.67. The SMILES string of the molecule is COCCCC(N)CN1CCC2CCCCC2C1. The van der Waals surface area contributed by atoms with Crippen LogP contribution in [0.5, 0.6) is 0 Å². The molecule has 3 atom stereocenters. The number of ether oxygens (including phenoxy) is 1. The van der Waals surface area contributed by atoms with Crippen LogP contribution >= 0.6 is 0 Å². The average Bonchev–Trinajstić information content (AvgIpc) is 2.39. The molecule has 3 heteroatoms. The van der Waals surface area contributed by atoms with Crippen LogP contribution < -0.4 is 5.73 Å². The summed E-state index contributed by atoms with van der Waals surface area (Å²) < 4.78 is 5.08. The minimum absolute atomic E-state index is 0.334. The fourth-order valence-electron chi connectivity index (χ4n) is 3.75. The third-order valence-electron chi connectivity index (χ3n) is 4.79. The lowest BCUT2D eigenvalue weighted by atomic mass is 9.75. The van der Waals surface area contributed by atoms with Crippen LogP contribution in [0, 0.1) is 11.8 Å². The first-order valence-electron chi connectivity index (χ1n) is 7.76. The summed E-state index contributed by atoms with van der Waals surface area (Å²) in [6.07, 6.45) is 9.47. The monoisotopic (exact) mass is 254 g/mol. The van der Waals surface area contributed by atoms with E-state index in [-0.39, 0.29) is 0 Å². The van der Waals surface area contributed by atoms with Gasteiger partial charge < -0.3 is 15.4 Å². The molecule has 1 aliphatic carbocycles. The number of fused-ring (bicyclic) bond motifs is 1. The molecule has 0 bridgehead atoms. The van der Waals surface area contributed by atoms with Crippen molar-refractivity contribution in [2.45, 2.75) is 51.0 Å². The molecule has 0 aromatic heterocycles. The second kappa shape index (κ2) is 7.46. The van der Waals surface area contributed by atoms with Gasteiger partial charge >= 0.3 is 0 Å². The number of hydrogen-bond acceptors (Lipinski definition) is 3. The van der Waals surface area contributed by atoms with E-state index < -0.39 is 0 Å². The van der Waals surface area contributed by atoms with Gasteiger partial charge in [0.15, 0.2) is 0 Å². The first-order chi connectivity index (χ1) is 8.79. The van der Waals surface area contributed by atoms with Crippen molar-refractivity contribution in [2.75, 3.05) is 33.4 Å². The molecule has 2 fully saturated rings. The van der Waals surface area contributed by atoms with E-state index in [4.69, 9.17) is 10.5 Å². The van der Waals surface area contributed by atoms with E-state index in [1.165, 1.54) is 45.2 Å². The molecule has 106 valence electrons. The van der Waals surface area contributed by atoms with Gasteiger partial charge in [-0.25, -0.2) is 0 Å². The largest absolute Gasteiger partial charge is 0.385 e. The lowest BCUT2D eigenvalue weighted by molar-refractivity contribution is 0.0812. The molecule has 2 aliphatic rings. The van der Waals surface area contributed by atoms with Crippen molar-refractivity contribution < 1.29 is 4.74 Å². The molecule has 0 spiro atoms. The van der Waals surface area contributed by atoms with E-state index in [1.54, 1.807) is 7.11 Å². The van der Waals surface area contributed by atoms with Crippen molar-refractivity contribution in [3.63, 3.8) is 0 Å². The lowest BCUT2D eigenvalue weighted by Gasteiger charge is -2.42. The summed E-state index contributed by atoms with van der Waals surface area (Å²) >= 11 is 0. The van der Waals surface area contributed by atoms with Crippen LogP contribution in [0.4, 0.5) is 0 Å². The summed E-state index contributed by atoms with van der Waals surface area (Å²) in [5.74, 6) is 2.00. The van der Waals surface area contributed by atoms with E-state index in [1.807, 2.05) is 0 Å². The zero-order valence-corrected chi connectivity index (χ0v) is 11.9. The molecule has 3 nitrogen and oxygen atoms in total. The number of piperidine rings is 1. The molecule has 1 saturated carbocycles. The van der Waals surface area contributed by atoms with Crippen molar-refractivity contribution in [1.29, 1.82) is 0 Å². The van der Waals surface area contributed by atoms with Crippen LogP contribution in [-0.2, 0) is 4.74 Å². The van der Waals surface area contributed by atoms with E-state index in [0.717, 1.165) is 37.8 Å². The molecule has 1 saturated heterocycles. The molecule has 0 aromatic rings. The van der Waals surface area contributed by atoms with Crippen LogP contribution in [0.3, 0.4) is 0 Å². The molecule has 2 N–H and O–H groups in total. The summed E-state index contributed by atoms with van der Waals surface area (Å²) in [4.78, 5) is 2.62. The van der Waals surface area contributed by atoms with E-state index in [2.05, 4.69) is 4.90 Å². The highest BCUT2D eigenvalue weighted by Gasteiger charge is 2.31. The maximum atomic E-state index is 6.22. The first-order valence-corrected chi connectivity index (χ1v) is 7.76. The summed E-state index contributed by atoms with van der Waals surface area (Å²) in [5, 5.41) is 0. The number of hydrogen-bond donors (Lipinski definition) is 1. The Bertz CT molecular complexity index is 235. The Hall–Kier alpha value is -0.120. The number of likely N-dealkylation sites (tertiary alicyclic amines) is 1. The van der Waals surface area contributed by atoms with Gasteiger partial charge in [0.1, 0.15) is 0 Å². The summed E-state index contributed by atoms with van der Waals surface area (Å²) in [6.45, 7) is 4.52. The van der Waals surface area contributed by atoms with Crippen LogP contribution in [0.1, 0.15) is 44.9 Å². The van der Waals surface area contributed by atoms with Gasteiger partial charge in [0.25, 0.3) is 0 Å². The fourth-order valence-corrected chi connectivity index (χ4v) is 3.75. The first kappa shape index (κ1) is 14.3. The van der Waals surface area contributed by atoms with Crippen LogP contribution in [0.2, 0.25) is 0 Å². The van der Waals surface area contributed by atoms with E-state index in [0.29, 0.717) is 6.04 Å². The van der Waals surface area contributed by atoms with Gasteiger partial charge in [0.05, 0.1) is 0 Å². The fraction of sp³-hybridized carbons (Fsp3) is 1.00. The molecular weight excluding hydrogens is 224 g/mol. The van der Waals surface area contributed by atoms with Gasteiger partial charge in [0.2, 0.25) is 0 Å². The van der Waals surface area contributed by atoms with Crippen LogP contribution in [0.15, 0.2) is 0 Å². The third-order valence-corrected chi connectivity index (χ3v) is 4.79. The highest BCUT2D eigenvalue weighted by molar-refractivity contribution is 4.84. The topological polar surface area (TPSA) is 38.5 Å². The van der Waals surface area contributed by atoms with E-state index in [9.17, 15) is 0 Å². The molecule has 1 aliphatic heterocycles. The standard InChI is InChI=1S/C15H30N2O/c1-18-10-4-7-15(16)12-17-9-8-13-5-2-3-6-14(13)11-17/h13-15H,2-12,16H2,1H3. The minimum Gasteiger partial charge on any atom is -0.385 e. The van der Waals surface area contributed by atoms with Crippen molar-refractivity contribution in [1.82, 2.24) is 4.90 Å². The second-order valence-corrected chi connectivity index (χ2v) is 6.25. The van der Waals surface area contributed by atoms with Crippen molar-refractivity contribution >= 4 is 0 Å². The molecule has 0 aromatic carbocycles. The number of methoxy groups -OCH3 is 1. The van der Waals surface area contributed by atoms with E-state index >= 15 is 0 Å². The minimum atomic E-state index is 0.334. The number of rotatable bonds is 6. The molecule has 0 radical (unpaired) electrons. The average molecular weight is 254 g/mol. The lowest BCUT2D eigenvalue weighted by Crippen LogP contribution is -2.46.